The number of ketones is 1. The van der Waals surface area contributed by atoms with Crippen molar-refractivity contribution >= 4 is 5.78 Å². The van der Waals surface area contributed by atoms with E-state index in [0.717, 1.165) is 12.0 Å². The van der Waals surface area contributed by atoms with E-state index >= 15 is 0 Å². The Bertz CT molecular complexity index is 994. The summed E-state index contributed by atoms with van der Waals surface area (Å²) in [5.74, 6) is 0.239. The van der Waals surface area contributed by atoms with Crippen LogP contribution in [0.4, 0.5) is 0 Å². The molecule has 0 radical (unpaired) electrons. The summed E-state index contributed by atoms with van der Waals surface area (Å²) < 4.78 is 0. The molecule has 0 aliphatic heterocycles. The Hall–Kier alpha value is -2.41. The molecule has 0 amide bonds. The highest BCUT2D eigenvalue weighted by atomic mass is 16.1. The molecule has 0 aromatic heterocycles. The third-order valence-electron chi connectivity index (χ3n) is 5.68. The maximum atomic E-state index is 13.2. The number of fused-ring (bicyclic) bond motifs is 2. The highest BCUT2D eigenvalue weighted by Crippen LogP contribution is 2.43. The van der Waals surface area contributed by atoms with Crippen molar-refractivity contribution in [1.29, 1.82) is 0 Å². The van der Waals surface area contributed by atoms with Crippen molar-refractivity contribution in [2.24, 2.45) is 0 Å². The summed E-state index contributed by atoms with van der Waals surface area (Å²) in [5.41, 5.74) is 12.1. The van der Waals surface area contributed by atoms with Gasteiger partial charge in [0.1, 0.15) is 0 Å². The second-order valence-corrected chi connectivity index (χ2v) is 7.70. The highest BCUT2D eigenvalue weighted by molar-refractivity contribution is 6.07. The van der Waals surface area contributed by atoms with Gasteiger partial charge in [-0.25, -0.2) is 0 Å². The van der Waals surface area contributed by atoms with Crippen molar-refractivity contribution in [3.63, 3.8) is 0 Å². The molecule has 4 rings (SSSR count). The fourth-order valence-electron chi connectivity index (χ4n) is 4.65. The molecule has 0 heterocycles. The minimum Gasteiger partial charge on any atom is -0.293 e. The Kier molecular flexibility index (Phi) is 3.57. The van der Waals surface area contributed by atoms with Gasteiger partial charge in [-0.1, -0.05) is 41.5 Å². The van der Waals surface area contributed by atoms with Crippen LogP contribution in [0.3, 0.4) is 0 Å². The van der Waals surface area contributed by atoms with Gasteiger partial charge in [0.05, 0.1) is 5.92 Å². The zero-order chi connectivity index (χ0) is 17.9. The molecular weight excluding hydrogens is 304 g/mol. The summed E-state index contributed by atoms with van der Waals surface area (Å²) in [6.07, 6.45) is 0.829. The first kappa shape index (κ1) is 16.1. The summed E-state index contributed by atoms with van der Waals surface area (Å²) in [6.45, 7) is 10.7. The van der Waals surface area contributed by atoms with Gasteiger partial charge in [0.15, 0.2) is 5.78 Å². The lowest BCUT2D eigenvalue weighted by molar-refractivity contribution is 0.0973. The molecule has 1 atom stereocenters. The average molecular weight is 328 g/mol. The van der Waals surface area contributed by atoms with E-state index in [-0.39, 0.29) is 11.7 Å². The SMILES string of the molecule is Cc1cc(C)c2ccc(C3Cc4c(C)cc(C)cc4C3=O)c-2c(C)c1. The molecule has 126 valence electrons. The molecule has 0 saturated heterocycles. The average Bonchev–Trinajstić information content (AvgIpc) is 3.06. The number of hydrogen-bond acceptors (Lipinski definition) is 1. The fraction of sp³-hybridized carbons (Fsp3) is 0.292. The van der Waals surface area contributed by atoms with Gasteiger partial charge in [-0.3, -0.25) is 4.79 Å². The quantitative estimate of drug-likeness (QED) is 0.547. The second-order valence-electron chi connectivity index (χ2n) is 7.70. The monoisotopic (exact) mass is 328 g/mol. The Morgan fingerprint density at radius 2 is 1.40 bits per heavy atom. The van der Waals surface area contributed by atoms with E-state index in [1.165, 1.54) is 50.1 Å². The van der Waals surface area contributed by atoms with E-state index in [2.05, 4.69) is 71.0 Å². The zero-order valence-corrected chi connectivity index (χ0v) is 15.7. The summed E-state index contributed by atoms with van der Waals surface area (Å²) in [7, 11) is 0. The molecule has 0 fully saturated rings. The van der Waals surface area contributed by atoms with E-state index < -0.39 is 0 Å². The van der Waals surface area contributed by atoms with Crippen molar-refractivity contribution in [1.82, 2.24) is 0 Å². The van der Waals surface area contributed by atoms with Crippen LogP contribution in [-0.4, -0.2) is 5.78 Å². The van der Waals surface area contributed by atoms with Crippen molar-refractivity contribution in [2.45, 2.75) is 47.0 Å². The van der Waals surface area contributed by atoms with Crippen LogP contribution >= 0.6 is 0 Å². The predicted molar refractivity (Wildman–Crippen MR) is 104 cm³/mol. The highest BCUT2D eigenvalue weighted by Gasteiger charge is 2.35. The molecule has 0 N–H and O–H groups in total. The van der Waals surface area contributed by atoms with Gasteiger partial charge in [-0.15, -0.1) is 0 Å². The van der Waals surface area contributed by atoms with Gasteiger partial charge < -0.3 is 0 Å². The van der Waals surface area contributed by atoms with Crippen molar-refractivity contribution < 1.29 is 4.79 Å². The summed E-state index contributed by atoms with van der Waals surface area (Å²) >= 11 is 0. The standard InChI is InChI=1S/C24H24O/c1-13-8-15(3)18-6-7-19(23(18)17(5)10-13)22-12-20-16(4)9-14(2)11-21(20)24(22)25/h6-11,22H,12H2,1-5H3. The van der Waals surface area contributed by atoms with E-state index in [4.69, 9.17) is 0 Å². The van der Waals surface area contributed by atoms with Crippen LogP contribution in [0, 0.1) is 34.6 Å². The van der Waals surface area contributed by atoms with E-state index in [0.29, 0.717) is 0 Å². The lowest BCUT2D eigenvalue weighted by Crippen LogP contribution is -2.07. The van der Waals surface area contributed by atoms with Gasteiger partial charge in [-0.2, -0.15) is 0 Å². The van der Waals surface area contributed by atoms with Crippen LogP contribution in [0.2, 0.25) is 0 Å². The number of carbonyl (C=O) groups is 1. The minimum absolute atomic E-state index is 0.0474. The normalized spacial score (nSPS) is 16.5. The number of carbonyl (C=O) groups excluding carboxylic acids is 1. The van der Waals surface area contributed by atoms with Gasteiger partial charge in [-0.05, 0) is 86.1 Å². The van der Waals surface area contributed by atoms with Gasteiger partial charge >= 0.3 is 0 Å². The van der Waals surface area contributed by atoms with E-state index in [1.54, 1.807) is 0 Å². The largest absolute Gasteiger partial charge is 0.293 e. The number of rotatable bonds is 1. The number of aryl methyl sites for hydroxylation is 5. The van der Waals surface area contributed by atoms with Crippen LogP contribution in [0.25, 0.3) is 11.1 Å². The Morgan fingerprint density at radius 1 is 0.760 bits per heavy atom. The van der Waals surface area contributed by atoms with Gasteiger partial charge in [0.2, 0.25) is 0 Å². The molecule has 0 spiro atoms. The van der Waals surface area contributed by atoms with E-state index in [9.17, 15) is 4.79 Å². The van der Waals surface area contributed by atoms with Crippen molar-refractivity contribution in [2.75, 3.05) is 0 Å². The van der Waals surface area contributed by atoms with Crippen LogP contribution in [0.1, 0.15) is 55.2 Å². The van der Waals surface area contributed by atoms with Crippen LogP contribution in [0.15, 0.2) is 36.4 Å². The Labute approximate surface area is 150 Å². The number of Topliss-reactive ketones (excluding diaryl/α,β-unsaturated/α-hetero) is 1. The molecule has 0 bridgehead atoms. The maximum absolute atomic E-state index is 13.2. The van der Waals surface area contributed by atoms with Crippen molar-refractivity contribution in [3.8, 4) is 11.1 Å². The predicted octanol–water partition coefficient (Wildman–Crippen LogP) is 5.86. The first-order chi connectivity index (χ1) is 11.9. The van der Waals surface area contributed by atoms with Crippen LogP contribution in [-0.2, 0) is 6.42 Å². The molecule has 1 aromatic carbocycles. The fourth-order valence-corrected chi connectivity index (χ4v) is 4.65. The molecular formula is C24H24O. The summed E-state index contributed by atoms with van der Waals surface area (Å²) in [6, 6.07) is 13.1. The number of hydrogen-bond donors (Lipinski definition) is 0. The molecule has 1 aromatic rings. The summed E-state index contributed by atoms with van der Waals surface area (Å²) in [5, 5.41) is 0. The molecule has 3 aliphatic carbocycles. The molecule has 1 unspecified atom stereocenters. The van der Waals surface area contributed by atoms with Gasteiger partial charge in [0, 0.05) is 5.56 Å². The first-order valence-electron chi connectivity index (χ1n) is 9.01. The first-order valence-corrected chi connectivity index (χ1v) is 9.01. The lowest BCUT2D eigenvalue weighted by Gasteiger charge is -2.12. The zero-order valence-electron chi connectivity index (χ0n) is 15.7. The molecule has 3 aliphatic rings. The second kappa shape index (κ2) is 5.56. The Balaban J connectivity index is 1.89. The Morgan fingerprint density at radius 3 is 2.16 bits per heavy atom. The molecule has 0 saturated carbocycles. The maximum Gasteiger partial charge on any atom is 0.170 e. The topological polar surface area (TPSA) is 17.1 Å². The number of benzene rings is 1. The third kappa shape index (κ3) is 2.41. The van der Waals surface area contributed by atoms with Crippen LogP contribution in [0.5, 0.6) is 0 Å². The van der Waals surface area contributed by atoms with Crippen molar-refractivity contribution in [3.05, 3.63) is 80.9 Å². The van der Waals surface area contributed by atoms with Gasteiger partial charge in [0.25, 0.3) is 0 Å². The minimum atomic E-state index is -0.0474. The molecule has 1 nitrogen and oxygen atoms in total. The smallest absolute Gasteiger partial charge is 0.170 e. The van der Waals surface area contributed by atoms with E-state index in [1.807, 2.05) is 0 Å². The summed E-state index contributed by atoms with van der Waals surface area (Å²) in [4.78, 5) is 13.2. The molecule has 25 heavy (non-hydrogen) atoms. The third-order valence-corrected chi connectivity index (χ3v) is 5.68. The lowest BCUT2D eigenvalue weighted by atomic mass is 9.90. The molecule has 1 heteroatoms. The van der Waals surface area contributed by atoms with Crippen LogP contribution < -0.4 is 0 Å².